The number of para-hydroxylation sites is 1. The molecule has 1 amide bonds. The molecular weight excluding hydrogens is 386 g/mol. The molecule has 154 valence electrons. The summed E-state index contributed by atoms with van der Waals surface area (Å²) in [6, 6.07) is 34.2. The Bertz CT molecular complexity index is 1090. The number of hydrogen-bond donors (Lipinski definition) is 1. The summed E-state index contributed by atoms with van der Waals surface area (Å²) >= 11 is 0. The average molecular weight is 409 g/mol. The molecule has 4 aromatic carbocycles. The molecule has 0 saturated carbocycles. The van der Waals surface area contributed by atoms with Crippen molar-refractivity contribution in [2.24, 2.45) is 0 Å². The molecule has 0 heterocycles. The van der Waals surface area contributed by atoms with Gasteiger partial charge in [0.2, 0.25) is 0 Å². The molecule has 0 spiro atoms. The normalized spacial score (nSPS) is 10.3. The molecule has 0 aliphatic heterocycles. The third-order valence-corrected chi connectivity index (χ3v) is 4.71. The Labute approximate surface area is 182 Å². The van der Waals surface area contributed by atoms with E-state index in [1.807, 2.05) is 84.9 Å². The lowest BCUT2D eigenvalue weighted by molar-refractivity contribution is 0.102. The SMILES string of the molecule is O=C(Nc1ccc(Oc2ccccc2)cc1)c1ccc(OCCc2ccccc2)cc1. The molecule has 0 unspecified atom stereocenters. The van der Waals surface area contributed by atoms with Crippen molar-refractivity contribution in [3.8, 4) is 17.2 Å². The van der Waals surface area contributed by atoms with Crippen LogP contribution in [0.4, 0.5) is 5.69 Å². The molecule has 0 aromatic heterocycles. The van der Waals surface area contributed by atoms with Crippen LogP contribution >= 0.6 is 0 Å². The summed E-state index contributed by atoms with van der Waals surface area (Å²) in [5, 5.41) is 2.90. The minimum atomic E-state index is -0.174. The van der Waals surface area contributed by atoms with Crippen LogP contribution < -0.4 is 14.8 Å². The molecule has 4 rings (SSSR count). The molecule has 0 radical (unpaired) electrons. The Morgan fingerprint density at radius 2 is 1.23 bits per heavy atom. The number of nitrogens with one attached hydrogen (secondary N) is 1. The van der Waals surface area contributed by atoms with Crippen molar-refractivity contribution < 1.29 is 14.3 Å². The minimum absolute atomic E-state index is 0.174. The fourth-order valence-electron chi connectivity index (χ4n) is 3.07. The van der Waals surface area contributed by atoms with E-state index in [1.54, 1.807) is 12.1 Å². The first kappa shape index (κ1) is 20.2. The second-order valence-corrected chi connectivity index (χ2v) is 7.00. The number of ether oxygens (including phenoxy) is 2. The van der Waals surface area contributed by atoms with Crippen molar-refractivity contribution in [3.63, 3.8) is 0 Å². The van der Waals surface area contributed by atoms with Crippen LogP contribution in [0.5, 0.6) is 17.2 Å². The summed E-state index contributed by atoms with van der Waals surface area (Å²) in [5.41, 5.74) is 2.51. The van der Waals surface area contributed by atoms with Crippen molar-refractivity contribution >= 4 is 11.6 Å². The maximum atomic E-state index is 12.5. The minimum Gasteiger partial charge on any atom is -0.493 e. The lowest BCUT2D eigenvalue weighted by Gasteiger charge is -2.09. The topological polar surface area (TPSA) is 47.6 Å². The van der Waals surface area contributed by atoms with Gasteiger partial charge in [0.25, 0.3) is 5.91 Å². The van der Waals surface area contributed by atoms with E-state index in [-0.39, 0.29) is 5.91 Å². The number of rotatable bonds is 8. The lowest BCUT2D eigenvalue weighted by Crippen LogP contribution is -2.11. The number of benzene rings is 4. The smallest absolute Gasteiger partial charge is 0.255 e. The van der Waals surface area contributed by atoms with E-state index >= 15 is 0 Å². The van der Waals surface area contributed by atoms with Crippen LogP contribution in [0.25, 0.3) is 0 Å². The number of hydrogen-bond acceptors (Lipinski definition) is 3. The van der Waals surface area contributed by atoms with Crippen molar-refractivity contribution in [3.05, 3.63) is 120 Å². The quantitative estimate of drug-likeness (QED) is 0.369. The van der Waals surface area contributed by atoms with Gasteiger partial charge in [-0.25, -0.2) is 0 Å². The second kappa shape index (κ2) is 10.1. The Balaban J connectivity index is 1.28. The summed E-state index contributed by atoms with van der Waals surface area (Å²) in [5.74, 6) is 2.05. The molecule has 0 saturated heterocycles. The monoisotopic (exact) mass is 409 g/mol. The van der Waals surface area contributed by atoms with Gasteiger partial charge in [0.1, 0.15) is 17.2 Å². The van der Waals surface area contributed by atoms with Gasteiger partial charge in [-0.15, -0.1) is 0 Å². The van der Waals surface area contributed by atoms with Gasteiger partial charge in [-0.2, -0.15) is 0 Å². The average Bonchev–Trinajstić information content (AvgIpc) is 2.82. The van der Waals surface area contributed by atoms with E-state index in [4.69, 9.17) is 9.47 Å². The third-order valence-electron chi connectivity index (χ3n) is 4.71. The van der Waals surface area contributed by atoms with Crippen LogP contribution in [0.2, 0.25) is 0 Å². The highest BCUT2D eigenvalue weighted by Crippen LogP contribution is 2.23. The first-order valence-corrected chi connectivity index (χ1v) is 10.2. The Hall–Kier alpha value is -4.05. The first-order chi connectivity index (χ1) is 15.3. The van der Waals surface area contributed by atoms with Crippen molar-refractivity contribution in [1.82, 2.24) is 0 Å². The molecule has 0 fully saturated rings. The zero-order valence-corrected chi connectivity index (χ0v) is 17.0. The van der Waals surface area contributed by atoms with Crippen molar-refractivity contribution in [2.45, 2.75) is 6.42 Å². The van der Waals surface area contributed by atoms with Crippen molar-refractivity contribution in [1.29, 1.82) is 0 Å². The highest BCUT2D eigenvalue weighted by Gasteiger charge is 2.07. The van der Waals surface area contributed by atoms with Crippen LogP contribution in [-0.2, 0) is 6.42 Å². The molecule has 31 heavy (non-hydrogen) atoms. The van der Waals surface area contributed by atoms with Gasteiger partial charge in [-0.1, -0.05) is 48.5 Å². The maximum Gasteiger partial charge on any atom is 0.255 e. The number of amides is 1. The van der Waals surface area contributed by atoms with Crippen LogP contribution in [0.3, 0.4) is 0 Å². The summed E-state index contributed by atoms with van der Waals surface area (Å²) in [4.78, 5) is 12.5. The number of anilines is 1. The zero-order valence-electron chi connectivity index (χ0n) is 17.0. The second-order valence-electron chi connectivity index (χ2n) is 7.00. The van der Waals surface area contributed by atoms with Crippen LogP contribution in [0.15, 0.2) is 109 Å². The van der Waals surface area contributed by atoms with E-state index in [0.717, 1.165) is 17.9 Å². The number of carbonyl (C=O) groups is 1. The van der Waals surface area contributed by atoms with E-state index in [1.165, 1.54) is 5.56 Å². The van der Waals surface area contributed by atoms with Gasteiger partial charge in [0.05, 0.1) is 6.61 Å². The third kappa shape index (κ3) is 5.97. The summed E-state index contributed by atoms with van der Waals surface area (Å²) in [6.07, 6.45) is 0.840. The molecule has 0 aliphatic rings. The standard InChI is InChI=1S/C27H23NO3/c29-27(28-23-13-17-26(18-14-23)31-25-9-5-2-6-10-25)22-11-15-24(16-12-22)30-20-19-21-7-3-1-4-8-21/h1-18H,19-20H2,(H,28,29). The Kier molecular flexibility index (Phi) is 6.61. The van der Waals surface area contributed by atoms with E-state index in [2.05, 4.69) is 17.4 Å². The largest absolute Gasteiger partial charge is 0.493 e. The predicted octanol–water partition coefficient (Wildman–Crippen LogP) is 6.35. The summed E-state index contributed by atoms with van der Waals surface area (Å²) in [6.45, 7) is 0.590. The predicted molar refractivity (Wildman–Crippen MR) is 123 cm³/mol. The van der Waals surface area contributed by atoms with Gasteiger partial charge in [0.15, 0.2) is 0 Å². The molecule has 4 nitrogen and oxygen atoms in total. The van der Waals surface area contributed by atoms with Gasteiger partial charge >= 0.3 is 0 Å². The highest BCUT2D eigenvalue weighted by atomic mass is 16.5. The zero-order chi connectivity index (χ0) is 21.3. The molecule has 4 heteroatoms. The molecular formula is C27H23NO3. The van der Waals surface area contributed by atoms with Crippen molar-refractivity contribution in [2.75, 3.05) is 11.9 Å². The summed E-state index contributed by atoms with van der Waals surface area (Å²) in [7, 11) is 0. The molecule has 0 bridgehead atoms. The highest BCUT2D eigenvalue weighted by molar-refractivity contribution is 6.04. The molecule has 0 atom stereocenters. The maximum absolute atomic E-state index is 12.5. The van der Waals surface area contributed by atoms with E-state index in [0.29, 0.717) is 23.6 Å². The Morgan fingerprint density at radius 3 is 1.90 bits per heavy atom. The molecule has 4 aromatic rings. The van der Waals surface area contributed by atoms with Crippen LogP contribution in [0, 0.1) is 0 Å². The first-order valence-electron chi connectivity index (χ1n) is 10.2. The van der Waals surface area contributed by atoms with Gasteiger partial charge < -0.3 is 14.8 Å². The molecule has 1 N–H and O–H groups in total. The van der Waals surface area contributed by atoms with Crippen LogP contribution in [-0.4, -0.2) is 12.5 Å². The fourth-order valence-corrected chi connectivity index (χ4v) is 3.07. The van der Waals surface area contributed by atoms with E-state index in [9.17, 15) is 4.79 Å². The van der Waals surface area contributed by atoms with Crippen LogP contribution in [0.1, 0.15) is 15.9 Å². The van der Waals surface area contributed by atoms with Gasteiger partial charge in [-0.05, 0) is 66.2 Å². The summed E-state index contributed by atoms with van der Waals surface area (Å²) < 4.78 is 11.5. The number of carbonyl (C=O) groups excluding carboxylic acids is 1. The van der Waals surface area contributed by atoms with Gasteiger partial charge in [-0.3, -0.25) is 4.79 Å². The fraction of sp³-hybridized carbons (Fsp3) is 0.0741. The Morgan fingerprint density at radius 1 is 0.645 bits per heavy atom. The lowest BCUT2D eigenvalue weighted by atomic mass is 10.2. The molecule has 0 aliphatic carbocycles. The van der Waals surface area contributed by atoms with Gasteiger partial charge in [0, 0.05) is 17.7 Å². The van der Waals surface area contributed by atoms with E-state index < -0.39 is 0 Å².